The van der Waals surface area contributed by atoms with Crippen molar-refractivity contribution in [2.24, 2.45) is 0 Å². The van der Waals surface area contributed by atoms with Crippen LogP contribution in [0.15, 0.2) is 24.3 Å². The Morgan fingerprint density at radius 2 is 2.33 bits per heavy atom. The van der Waals surface area contributed by atoms with Crippen molar-refractivity contribution in [1.29, 1.82) is 0 Å². The third-order valence-corrected chi connectivity index (χ3v) is 3.46. The van der Waals surface area contributed by atoms with Gasteiger partial charge in [0.1, 0.15) is 0 Å². The molecule has 1 amide bonds. The predicted octanol–water partition coefficient (Wildman–Crippen LogP) is 1.57. The molecule has 0 aliphatic carbocycles. The van der Waals surface area contributed by atoms with Crippen molar-refractivity contribution >= 4 is 23.2 Å². The number of nitrogens with zero attached hydrogens (tertiary/aromatic N) is 1. The predicted molar refractivity (Wildman–Crippen MR) is 74.0 cm³/mol. The van der Waals surface area contributed by atoms with E-state index in [1.165, 1.54) is 0 Å². The van der Waals surface area contributed by atoms with E-state index in [1.807, 2.05) is 12.1 Å². The van der Waals surface area contributed by atoms with Gasteiger partial charge in [-0.15, -0.1) is 0 Å². The van der Waals surface area contributed by atoms with E-state index in [0.717, 1.165) is 19.6 Å². The fourth-order valence-corrected chi connectivity index (χ4v) is 2.24. The highest BCUT2D eigenvalue weighted by Gasteiger charge is 2.20. The van der Waals surface area contributed by atoms with Gasteiger partial charge in [0.15, 0.2) is 0 Å². The minimum absolute atomic E-state index is 0.0168. The topological polar surface area (TPSA) is 44.4 Å². The monoisotopic (exact) mass is 267 g/mol. The first-order valence-corrected chi connectivity index (χ1v) is 6.54. The van der Waals surface area contributed by atoms with Crippen LogP contribution in [0, 0.1) is 0 Å². The number of nitrogens with one attached hydrogen (secondary N) is 2. The van der Waals surface area contributed by atoms with Gasteiger partial charge in [-0.2, -0.15) is 0 Å². The van der Waals surface area contributed by atoms with Crippen LogP contribution in [-0.4, -0.2) is 43.0 Å². The SMILES string of the molecule is C[C@@H]1CNCCN1CC(=O)Nc1ccccc1Cl. The molecular weight excluding hydrogens is 250 g/mol. The van der Waals surface area contributed by atoms with Gasteiger partial charge in [0.25, 0.3) is 0 Å². The summed E-state index contributed by atoms with van der Waals surface area (Å²) in [5.41, 5.74) is 0.673. The first-order chi connectivity index (χ1) is 8.66. The van der Waals surface area contributed by atoms with Crippen LogP contribution in [0.5, 0.6) is 0 Å². The van der Waals surface area contributed by atoms with E-state index in [1.54, 1.807) is 12.1 Å². The Hall–Kier alpha value is -1.10. The van der Waals surface area contributed by atoms with Crippen molar-refractivity contribution in [3.63, 3.8) is 0 Å². The van der Waals surface area contributed by atoms with Gasteiger partial charge in [0.2, 0.25) is 5.91 Å². The van der Waals surface area contributed by atoms with Crippen LogP contribution in [0.25, 0.3) is 0 Å². The van der Waals surface area contributed by atoms with Crippen LogP contribution in [0.3, 0.4) is 0 Å². The quantitative estimate of drug-likeness (QED) is 0.874. The Bertz CT molecular complexity index is 424. The third-order valence-electron chi connectivity index (χ3n) is 3.13. The number of carbonyl (C=O) groups is 1. The van der Waals surface area contributed by atoms with Crippen molar-refractivity contribution in [2.75, 3.05) is 31.5 Å². The fraction of sp³-hybridized carbons (Fsp3) is 0.462. The lowest BCUT2D eigenvalue weighted by atomic mass is 10.2. The number of amides is 1. The zero-order valence-electron chi connectivity index (χ0n) is 10.4. The summed E-state index contributed by atoms with van der Waals surface area (Å²) < 4.78 is 0. The fourth-order valence-electron chi connectivity index (χ4n) is 2.05. The van der Waals surface area contributed by atoms with Gasteiger partial charge >= 0.3 is 0 Å². The summed E-state index contributed by atoms with van der Waals surface area (Å²) in [6, 6.07) is 7.66. The average molecular weight is 268 g/mol. The molecule has 0 radical (unpaired) electrons. The second-order valence-electron chi connectivity index (χ2n) is 4.55. The Balaban J connectivity index is 1.90. The minimum atomic E-state index is -0.0168. The molecule has 1 atom stereocenters. The smallest absolute Gasteiger partial charge is 0.238 e. The second kappa shape index (κ2) is 6.18. The summed E-state index contributed by atoms with van der Waals surface area (Å²) >= 11 is 6.00. The molecule has 1 heterocycles. The normalized spacial score (nSPS) is 20.7. The van der Waals surface area contributed by atoms with Crippen molar-refractivity contribution in [2.45, 2.75) is 13.0 Å². The lowest BCUT2D eigenvalue weighted by molar-refractivity contribution is -0.118. The summed E-state index contributed by atoms with van der Waals surface area (Å²) in [5, 5.41) is 6.72. The molecule has 5 heteroatoms. The molecule has 0 saturated carbocycles. The minimum Gasteiger partial charge on any atom is -0.324 e. The number of benzene rings is 1. The van der Waals surface area contributed by atoms with Crippen molar-refractivity contribution < 1.29 is 4.79 Å². The van der Waals surface area contributed by atoms with Gasteiger partial charge in [-0.3, -0.25) is 9.69 Å². The van der Waals surface area contributed by atoms with Gasteiger partial charge in [0, 0.05) is 25.7 Å². The number of hydrogen-bond donors (Lipinski definition) is 2. The number of piperazine rings is 1. The zero-order valence-corrected chi connectivity index (χ0v) is 11.2. The molecule has 1 aromatic rings. The maximum atomic E-state index is 11.9. The summed E-state index contributed by atoms with van der Waals surface area (Å²) in [5.74, 6) is -0.0168. The van der Waals surface area contributed by atoms with E-state index < -0.39 is 0 Å². The van der Waals surface area contributed by atoms with E-state index in [0.29, 0.717) is 23.3 Å². The molecule has 0 spiro atoms. The summed E-state index contributed by atoms with van der Waals surface area (Å²) in [6.07, 6.45) is 0. The average Bonchev–Trinajstić information content (AvgIpc) is 2.35. The summed E-state index contributed by atoms with van der Waals surface area (Å²) in [4.78, 5) is 14.1. The van der Waals surface area contributed by atoms with Gasteiger partial charge < -0.3 is 10.6 Å². The highest BCUT2D eigenvalue weighted by Crippen LogP contribution is 2.20. The van der Waals surface area contributed by atoms with Crippen LogP contribution in [0.4, 0.5) is 5.69 Å². The molecule has 18 heavy (non-hydrogen) atoms. The first kappa shape index (κ1) is 13.3. The van der Waals surface area contributed by atoms with E-state index in [4.69, 9.17) is 11.6 Å². The maximum absolute atomic E-state index is 11.9. The molecule has 98 valence electrons. The molecule has 1 fully saturated rings. The lowest BCUT2D eigenvalue weighted by Gasteiger charge is -2.33. The molecule has 1 aliphatic rings. The number of halogens is 1. The molecular formula is C13H18ClN3O. The van der Waals surface area contributed by atoms with Gasteiger partial charge in [-0.05, 0) is 19.1 Å². The number of carbonyl (C=O) groups excluding carboxylic acids is 1. The maximum Gasteiger partial charge on any atom is 0.238 e. The summed E-state index contributed by atoms with van der Waals surface area (Å²) in [6.45, 7) is 5.29. The molecule has 0 unspecified atom stereocenters. The largest absolute Gasteiger partial charge is 0.324 e. The van der Waals surface area contributed by atoms with Gasteiger partial charge in [-0.25, -0.2) is 0 Å². The van der Waals surface area contributed by atoms with Crippen LogP contribution >= 0.6 is 11.6 Å². The van der Waals surface area contributed by atoms with Crippen LogP contribution in [-0.2, 0) is 4.79 Å². The molecule has 1 saturated heterocycles. The van der Waals surface area contributed by atoms with Crippen LogP contribution in [0.2, 0.25) is 5.02 Å². The molecule has 0 bridgehead atoms. The second-order valence-corrected chi connectivity index (χ2v) is 4.96. The molecule has 1 aliphatic heterocycles. The lowest BCUT2D eigenvalue weighted by Crippen LogP contribution is -2.51. The number of hydrogen-bond acceptors (Lipinski definition) is 3. The molecule has 4 nitrogen and oxygen atoms in total. The molecule has 2 N–H and O–H groups in total. The van der Waals surface area contributed by atoms with E-state index in [2.05, 4.69) is 22.5 Å². The Kier molecular flexibility index (Phi) is 4.58. The van der Waals surface area contributed by atoms with E-state index in [-0.39, 0.29) is 5.91 Å². The van der Waals surface area contributed by atoms with E-state index >= 15 is 0 Å². The highest BCUT2D eigenvalue weighted by molar-refractivity contribution is 6.33. The van der Waals surface area contributed by atoms with Crippen molar-refractivity contribution in [3.8, 4) is 0 Å². The number of anilines is 1. The third kappa shape index (κ3) is 3.45. The summed E-state index contributed by atoms with van der Waals surface area (Å²) in [7, 11) is 0. The van der Waals surface area contributed by atoms with Gasteiger partial charge in [-0.1, -0.05) is 23.7 Å². The highest BCUT2D eigenvalue weighted by atomic mass is 35.5. The Labute approximate surface area is 112 Å². The van der Waals surface area contributed by atoms with Crippen LogP contribution in [0.1, 0.15) is 6.92 Å². The molecule has 0 aromatic heterocycles. The molecule has 2 rings (SSSR count). The first-order valence-electron chi connectivity index (χ1n) is 6.16. The van der Waals surface area contributed by atoms with Gasteiger partial charge in [0.05, 0.1) is 17.3 Å². The number of rotatable bonds is 3. The zero-order chi connectivity index (χ0) is 13.0. The Morgan fingerprint density at radius 3 is 3.06 bits per heavy atom. The number of para-hydroxylation sites is 1. The van der Waals surface area contributed by atoms with E-state index in [9.17, 15) is 4.79 Å². The molecule has 1 aromatic carbocycles. The standard InChI is InChI=1S/C13H18ClN3O/c1-10-8-15-6-7-17(10)9-13(18)16-12-5-3-2-4-11(12)14/h2-5,10,15H,6-9H2,1H3,(H,16,18)/t10-/m1/s1. The van der Waals surface area contributed by atoms with Crippen LogP contribution < -0.4 is 10.6 Å². The van der Waals surface area contributed by atoms with Crippen molar-refractivity contribution in [1.82, 2.24) is 10.2 Å². The van der Waals surface area contributed by atoms with Crippen molar-refractivity contribution in [3.05, 3.63) is 29.3 Å². The Morgan fingerprint density at radius 1 is 1.56 bits per heavy atom.